The van der Waals surface area contributed by atoms with Crippen LogP contribution in [-0.4, -0.2) is 56.5 Å². The largest absolute Gasteiger partial charge is 0.355 e. The fourth-order valence-electron chi connectivity index (χ4n) is 1.89. The van der Waals surface area contributed by atoms with Crippen molar-refractivity contribution in [1.29, 1.82) is 0 Å². The van der Waals surface area contributed by atoms with E-state index in [9.17, 15) is 0 Å². The summed E-state index contributed by atoms with van der Waals surface area (Å²) in [4.78, 5) is 8.67. The van der Waals surface area contributed by atoms with Crippen LogP contribution >= 0.6 is 35.6 Å². The Morgan fingerprint density at radius 3 is 2.62 bits per heavy atom. The molecule has 120 valence electrons. The van der Waals surface area contributed by atoms with E-state index >= 15 is 0 Å². The highest BCUT2D eigenvalue weighted by Crippen LogP contribution is 2.12. The van der Waals surface area contributed by atoms with Gasteiger partial charge in [0.1, 0.15) is 0 Å². The minimum Gasteiger partial charge on any atom is -0.355 e. The lowest BCUT2D eigenvalue weighted by Crippen LogP contribution is -2.41. The van der Waals surface area contributed by atoms with Crippen molar-refractivity contribution >= 4 is 41.5 Å². The smallest absolute Gasteiger partial charge is 0.193 e. The lowest BCUT2D eigenvalue weighted by atomic mass is 10.2. The molecule has 0 saturated heterocycles. The Hall–Kier alpha value is -0.530. The first-order valence-electron chi connectivity index (χ1n) is 6.91. The average Bonchev–Trinajstić information content (AvgIpc) is 2.43. The van der Waals surface area contributed by atoms with Crippen LogP contribution in [0.3, 0.4) is 0 Å². The Balaban J connectivity index is 0.00000400. The van der Waals surface area contributed by atoms with Gasteiger partial charge in [-0.15, -0.1) is 24.0 Å². The zero-order chi connectivity index (χ0) is 15.0. The minimum atomic E-state index is 0. The number of rotatable bonds is 6. The number of nitrogens with zero attached hydrogens (tertiary/aromatic N) is 3. The molecule has 0 unspecified atom stereocenters. The summed E-state index contributed by atoms with van der Waals surface area (Å²) in [5.41, 5.74) is 1.17. The van der Waals surface area contributed by atoms with Gasteiger partial charge in [-0.1, -0.05) is 30.7 Å². The van der Waals surface area contributed by atoms with Gasteiger partial charge >= 0.3 is 0 Å². The van der Waals surface area contributed by atoms with Gasteiger partial charge in [0.15, 0.2) is 5.96 Å². The van der Waals surface area contributed by atoms with E-state index in [0.29, 0.717) is 0 Å². The van der Waals surface area contributed by atoms with Crippen LogP contribution in [0.1, 0.15) is 12.5 Å². The fraction of sp³-hybridized carbons (Fsp3) is 0.533. The number of halogens is 2. The molecule has 6 heteroatoms. The maximum Gasteiger partial charge on any atom is 0.193 e. The van der Waals surface area contributed by atoms with E-state index in [1.165, 1.54) is 5.56 Å². The number of aliphatic imine (C=N–C) groups is 1. The molecule has 1 aromatic rings. The zero-order valence-electron chi connectivity index (χ0n) is 13.3. The molecule has 1 rings (SSSR count). The Morgan fingerprint density at radius 1 is 1.33 bits per heavy atom. The maximum absolute atomic E-state index is 6.01. The SMILES string of the molecule is CCN(C)CCNC(=NC)N(C)Cc1cccc(Cl)c1.I. The standard InChI is InChI=1S/C15H25ClN4.HI/c1-5-19(3)10-9-18-15(17-2)20(4)12-13-7-6-8-14(16)11-13;/h6-8,11H,5,9-10,12H2,1-4H3,(H,17,18);1H. The lowest BCUT2D eigenvalue weighted by Gasteiger charge is -2.23. The predicted molar refractivity (Wildman–Crippen MR) is 103 cm³/mol. The van der Waals surface area contributed by atoms with E-state index < -0.39 is 0 Å². The van der Waals surface area contributed by atoms with Crippen LogP contribution in [0.15, 0.2) is 29.3 Å². The molecule has 0 heterocycles. The normalized spacial score (nSPS) is 11.2. The predicted octanol–water partition coefficient (Wildman–Crippen LogP) is 2.92. The summed E-state index contributed by atoms with van der Waals surface area (Å²) >= 11 is 6.01. The highest BCUT2D eigenvalue weighted by Gasteiger charge is 2.06. The second-order valence-electron chi connectivity index (χ2n) is 4.86. The van der Waals surface area contributed by atoms with Crippen LogP contribution < -0.4 is 5.32 Å². The Labute approximate surface area is 150 Å². The summed E-state index contributed by atoms with van der Waals surface area (Å²) in [6.07, 6.45) is 0. The van der Waals surface area contributed by atoms with E-state index in [2.05, 4.69) is 40.1 Å². The molecule has 21 heavy (non-hydrogen) atoms. The van der Waals surface area contributed by atoms with Crippen LogP contribution in [0.4, 0.5) is 0 Å². The molecule has 0 radical (unpaired) electrons. The first kappa shape index (κ1) is 20.5. The maximum atomic E-state index is 6.01. The van der Waals surface area contributed by atoms with Crippen molar-refractivity contribution in [3.63, 3.8) is 0 Å². The summed E-state index contributed by atoms with van der Waals surface area (Å²) < 4.78 is 0. The molecule has 0 aliphatic heterocycles. The molecule has 1 N–H and O–H groups in total. The van der Waals surface area contributed by atoms with Crippen LogP contribution in [0, 0.1) is 0 Å². The van der Waals surface area contributed by atoms with Crippen molar-refractivity contribution in [2.75, 3.05) is 40.8 Å². The molecule has 0 saturated carbocycles. The van der Waals surface area contributed by atoms with E-state index in [0.717, 1.165) is 37.2 Å². The van der Waals surface area contributed by atoms with Crippen LogP contribution in [0.5, 0.6) is 0 Å². The quantitative estimate of drug-likeness (QED) is 0.433. The number of hydrogen-bond acceptors (Lipinski definition) is 2. The van der Waals surface area contributed by atoms with Crippen LogP contribution in [0.25, 0.3) is 0 Å². The molecule has 0 aliphatic carbocycles. The van der Waals surface area contributed by atoms with Gasteiger partial charge in [0, 0.05) is 38.8 Å². The summed E-state index contributed by atoms with van der Waals surface area (Å²) in [6, 6.07) is 7.91. The number of hydrogen-bond donors (Lipinski definition) is 1. The monoisotopic (exact) mass is 424 g/mol. The Bertz CT molecular complexity index is 439. The first-order valence-corrected chi connectivity index (χ1v) is 7.29. The van der Waals surface area contributed by atoms with E-state index in [-0.39, 0.29) is 24.0 Å². The number of guanidine groups is 1. The second-order valence-corrected chi connectivity index (χ2v) is 5.29. The van der Waals surface area contributed by atoms with Gasteiger partial charge in [0.2, 0.25) is 0 Å². The summed E-state index contributed by atoms with van der Waals surface area (Å²) in [6.45, 7) is 5.88. The van der Waals surface area contributed by atoms with Crippen molar-refractivity contribution < 1.29 is 0 Å². The lowest BCUT2D eigenvalue weighted by molar-refractivity contribution is 0.353. The summed E-state index contributed by atoms with van der Waals surface area (Å²) in [5, 5.41) is 4.14. The van der Waals surface area contributed by atoms with Crippen LogP contribution in [-0.2, 0) is 6.54 Å². The highest BCUT2D eigenvalue weighted by atomic mass is 127. The van der Waals surface area contributed by atoms with Crippen molar-refractivity contribution in [3.8, 4) is 0 Å². The molecule has 0 atom stereocenters. The number of likely N-dealkylation sites (N-methyl/N-ethyl adjacent to an activating group) is 1. The van der Waals surface area contributed by atoms with Gasteiger partial charge in [-0.05, 0) is 31.3 Å². The third kappa shape index (κ3) is 7.87. The van der Waals surface area contributed by atoms with Crippen molar-refractivity contribution in [2.24, 2.45) is 4.99 Å². The molecule has 1 aromatic carbocycles. The third-order valence-electron chi connectivity index (χ3n) is 3.20. The number of nitrogens with one attached hydrogen (secondary N) is 1. The molecule has 0 spiro atoms. The minimum absolute atomic E-state index is 0. The van der Waals surface area contributed by atoms with Gasteiger partial charge in [0.05, 0.1) is 0 Å². The van der Waals surface area contributed by atoms with Crippen molar-refractivity contribution in [3.05, 3.63) is 34.9 Å². The third-order valence-corrected chi connectivity index (χ3v) is 3.43. The topological polar surface area (TPSA) is 30.9 Å². The fourth-order valence-corrected chi connectivity index (χ4v) is 2.10. The van der Waals surface area contributed by atoms with Gasteiger partial charge < -0.3 is 15.1 Å². The Morgan fingerprint density at radius 2 is 2.05 bits per heavy atom. The van der Waals surface area contributed by atoms with Gasteiger partial charge in [-0.2, -0.15) is 0 Å². The molecular weight excluding hydrogens is 399 g/mol. The molecule has 4 nitrogen and oxygen atoms in total. The zero-order valence-corrected chi connectivity index (χ0v) is 16.4. The van der Waals surface area contributed by atoms with Crippen LogP contribution in [0.2, 0.25) is 5.02 Å². The van der Waals surface area contributed by atoms with E-state index in [1.54, 1.807) is 7.05 Å². The van der Waals surface area contributed by atoms with Crippen molar-refractivity contribution in [1.82, 2.24) is 15.1 Å². The molecule has 0 amide bonds. The molecule has 0 aromatic heterocycles. The highest BCUT2D eigenvalue weighted by molar-refractivity contribution is 14.0. The number of benzene rings is 1. The molecular formula is C15H26ClIN4. The van der Waals surface area contributed by atoms with Gasteiger partial charge in [0.25, 0.3) is 0 Å². The second kappa shape index (κ2) is 11.1. The van der Waals surface area contributed by atoms with Crippen molar-refractivity contribution in [2.45, 2.75) is 13.5 Å². The summed E-state index contributed by atoms with van der Waals surface area (Å²) in [5.74, 6) is 0.898. The average molecular weight is 425 g/mol. The van der Waals surface area contributed by atoms with Gasteiger partial charge in [-0.3, -0.25) is 4.99 Å². The van der Waals surface area contributed by atoms with E-state index in [1.807, 2.05) is 25.2 Å². The molecule has 0 aliphatic rings. The van der Waals surface area contributed by atoms with E-state index in [4.69, 9.17) is 11.6 Å². The Kier molecular flexibility index (Phi) is 10.8. The summed E-state index contributed by atoms with van der Waals surface area (Å²) in [7, 11) is 5.94. The molecule has 0 bridgehead atoms. The first-order chi connectivity index (χ1) is 9.56. The van der Waals surface area contributed by atoms with Gasteiger partial charge in [-0.25, -0.2) is 0 Å². The molecule has 0 fully saturated rings.